The second kappa shape index (κ2) is 8.15. The van der Waals surface area contributed by atoms with Gasteiger partial charge in [0.15, 0.2) is 6.61 Å². The van der Waals surface area contributed by atoms with E-state index in [0.717, 1.165) is 16.8 Å². The van der Waals surface area contributed by atoms with Crippen LogP contribution in [-0.4, -0.2) is 34.4 Å². The molecule has 0 spiro atoms. The number of ether oxygens (including phenoxy) is 2. The molecule has 0 unspecified atom stereocenters. The highest BCUT2D eigenvalue weighted by atomic mass is 16.5. The van der Waals surface area contributed by atoms with Crippen LogP contribution in [-0.2, 0) is 18.4 Å². The Balaban J connectivity index is 1.54. The minimum absolute atomic E-state index is 0.0674. The maximum atomic E-state index is 12.0. The third-order valence-corrected chi connectivity index (χ3v) is 3.81. The molecule has 2 aromatic heterocycles. The average molecular weight is 352 g/mol. The number of carbonyl (C=O) groups is 1. The summed E-state index contributed by atoms with van der Waals surface area (Å²) in [6.45, 7) is 0.307. The van der Waals surface area contributed by atoms with Gasteiger partial charge in [-0.3, -0.25) is 14.5 Å². The number of amides is 1. The first-order chi connectivity index (χ1) is 12.7. The summed E-state index contributed by atoms with van der Waals surface area (Å²) in [4.78, 5) is 16.2. The number of nitrogens with zero attached hydrogens (tertiary/aromatic N) is 3. The quantitative estimate of drug-likeness (QED) is 0.705. The number of pyridine rings is 1. The predicted octanol–water partition coefficient (Wildman–Crippen LogP) is 2.19. The lowest BCUT2D eigenvalue weighted by Crippen LogP contribution is -2.28. The van der Waals surface area contributed by atoms with Crippen molar-refractivity contribution in [3.05, 3.63) is 60.6 Å². The number of hydrogen-bond donors (Lipinski definition) is 1. The summed E-state index contributed by atoms with van der Waals surface area (Å²) in [5, 5.41) is 6.98. The molecule has 134 valence electrons. The van der Waals surface area contributed by atoms with Gasteiger partial charge in [-0.25, -0.2) is 0 Å². The van der Waals surface area contributed by atoms with Crippen LogP contribution in [0.15, 0.2) is 55.0 Å². The Labute approximate surface area is 151 Å². The lowest BCUT2D eigenvalue weighted by Gasteiger charge is -2.09. The summed E-state index contributed by atoms with van der Waals surface area (Å²) in [5.41, 5.74) is 2.81. The fraction of sp³-hybridized carbons (Fsp3) is 0.211. The van der Waals surface area contributed by atoms with Crippen molar-refractivity contribution in [3.63, 3.8) is 0 Å². The second-order valence-corrected chi connectivity index (χ2v) is 5.67. The van der Waals surface area contributed by atoms with Crippen molar-refractivity contribution in [1.29, 1.82) is 0 Å². The fourth-order valence-corrected chi connectivity index (χ4v) is 2.47. The molecule has 0 bridgehead atoms. The van der Waals surface area contributed by atoms with Crippen LogP contribution in [0, 0.1) is 0 Å². The van der Waals surface area contributed by atoms with Crippen LogP contribution in [0.4, 0.5) is 0 Å². The van der Waals surface area contributed by atoms with Crippen LogP contribution >= 0.6 is 0 Å². The highest BCUT2D eigenvalue weighted by Crippen LogP contribution is 2.19. The van der Waals surface area contributed by atoms with E-state index in [2.05, 4.69) is 15.4 Å². The van der Waals surface area contributed by atoms with E-state index in [1.54, 1.807) is 42.5 Å². The van der Waals surface area contributed by atoms with E-state index in [1.165, 1.54) is 0 Å². The SMILES string of the molecule is COc1cccc(OCC(=O)NCc2cncc(-c3ccnn3C)c2)c1. The van der Waals surface area contributed by atoms with Crippen LogP contribution in [0.5, 0.6) is 11.5 Å². The van der Waals surface area contributed by atoms with E-state index in [9.17, 15) is 4.79 Å². The number of rotatable bonds is 7. The van der Waals surface area contributed by atoms with Gasteiger partial charge in [-0.15, -0.1) is 0 Å². The maximum absolute atomic E-state index is 12.0. The van der Waals surface area contributed by atoms with Gasteiger partial charge in [0.2, 0.25) is 0 Å². The minimum Gasteiger partial charge on any atom is -0.497 e. The molecule has 3 rings (SSSR count). The van der Waals surface area contributed by atoms with Gasteiger partial charge in [-0.2, -0.15) is 5.10 Å². The van der Waals surface area contributed by atoms with Crippen molar-refractivity contribution in [2.75, 3.05) is 13.7 Å². The number of methoxy groups -OCH3 is 1. The van der Waals surface area contributed by atoms with Crippen LogP contribution in [0.3, 0.4) is 0 Å². The number of aryl methyl sites for hydroxylation is 1. The normalized spacial score (nSPS) is 10.4. The predicted molar refractivity (Wildman–Crippen MR) is 96.8 cm³/mol. The van der Waals surface area contributed by atoms with E-state index < -0.39 is 0 Å². The Morgan fingerprint density at radius 1 is 1.19 bits per heavy atom. The molecule has 1 amide bonds. The van der Waals surface area contributed by atoms with Crippen LogP contribution in [0.1, 0.15) is 5.56 Å². The molecule has 7 heteroatoms. The standard InChI is InChI=1S/C19H20N4O3/c1-23-18(6-7-22-23)15-8-14(10-20-12-15)11-21-19(24)13-26-17-5-3-4-16(9-17)25-2/h3-10,12H,11,13H2,1-2H3,(H,21,24). The molecule has 26 heavy (non-hydrogen) atoms. The minimum atomic E-state index is -0.209. The number of hydrogen-bond acceptors (Lipinski definition) is 5. The Hall–Kier alpha value is -3.35. The van der Waals surface area contributed by atoms with E-state index in [0.29, 0.717) is 18.0 Å². The molecule has 7 nitrogen and oxygen atoms in total. The Kier molecular flexibility index (Phi) is 5.48. The highest BCUT2D eigenvalue weighted by Gasteiger charge is 2.07. The third-order valence-electron chi connectivity index (χ3n) is 3.81. The molecule has 0 saturated heterocycles. The number of nitrogens with one attached hydrogen (secondary N) is 1. The van der Waals surface area contributed by atoms with E-state index in [4.69, 9.17) is 9.47 Å². The smallest absolute Gasteiger partial charge is 0.258 e. The van der Waals surface area contributed by atoms with E-state index in [1.807, 2.05) is 31.3 Å². The maximum Gasteiger partial charge on any atom is 0.258 e. The molecule has 0 aliphatic rings. The van der Waals surface area contributed by atoms with Gasteiger partial charge >= 0.3 is 0 Å². The lowest BCUT2D eigenvalue weighted by molar-refractivity contribution is -0.123. The molecule has 0 fully saturated rings. The molecular weight excluding hydrogens is 332 g/mol. The van der Waals surface area contributed by atoms with Gasteiger partial charge in [-0.1, -0.05) is 6.07 Å². The lowest BCUT2D eigenvalue weighted by atomic mass is 10.1. The summed E-state index contributed by atoms with van der Waals surface area (Å²) in [5.74, 6) is 1.05. The Bertz CT molecular complexity index is 892. The highest BCUT2D eigenvalue weighted by molar-refractivity contribution is 5.77. The molecule has 1 N–H and O–H groups in total. The summed E-state index contributed by atoms with van der Waals surface area (Å²) < 4.78 is 12.4. The van der Waals surface area contributed by atoms with Gasteiger partial charge in [0.05, 0.1) is 12.8 Å². The largest absolute Gasteiger partial charge is 0.497 e. The van der Waals surface area contributed by atoms with Crippen LogP contribution in [0.25, 0.3) is 11.3 Å². The average Bonchev–Trinajstić information content (AvgIpc) is 3.11. The molecule has 0 atom stereocenters. The molecule has 3 aromatic rings. The van der Waals surface area contributed by atoms with Crippen molar-refractivity contribution < 1.29 is 14.3 Å². The van der Waals surface area contributed by atoms with Gasteiger partial charge < -0.3 is 14.8 Å². The van der Waals surface area contributed by atoms with E-state index in [-0.39, 0.29) is 12.5 Å². The third kappa shape index (κ3) is 4.38. The molecule has 0 radical (unpaired) electrons. The second-order valence-electron chi connectivity index (χ2n) is 5.67. The fourth-order valence-electron chi connectivity index (χ4n) is 2.47. The van der Waals surface area contributed by atoms with Crippen molar-refractivity contribution >= 4 is 5.91 Å². The first-order valence-corrected chi connectivity index (χ1v) is 8.11. The summed E-state index contributed by atoms with van der Waals surface area (Å²) in [7, 11) is 3.46. The van der Waals surface area contributed by atoms with Crippen molar-refractivity contribution in [3.8, 4) is 22.8 Å². The molecule has 0 aliphatic carbocycles. The number of aromatic nitrogens is 3. The summed E-state index contributed by atoms with van der Waals surface area (Å²) in [6, 6.07) is 11.0. The molecule has 1 aromatic carbocycles. The van der Waals surface area contributed by atoms with Crippen LogP contribution in [0.2, 0.25) is 0 Å². The summed E-state index contributed by atoms with van der Waals surface area (Å²) >= 11 is 0. The zero-order valence-electron chi connectivity index (χ0n) is 14.7. The molecular formula is C19H20N4O3. The van der Waals surface area contributed by atoms with Gasteiger partial charge in [0.1, 0.15) is 11.5 Å². The first kappa shape index (κ1) is 17.5. The van der Waals surface area contributed by atoms with Crippen LogP contribution < -0.4 is 14.8 Å². The van der Waals surface area contributed by atoms with Gasteiger partial charge in [-0.05, 0) is 29.8 Å². The topological polar surface area (TPSA) is 78.3 Å². The van der Waals surface area contributed by atoms with Crippen molar-refractivity contribution in [2.24, 2.45) is 7.05 Å². The van der Waals surface area contributed by atoms with Gasteiger partial charge in [0, 0.05) is 43.8 Å². The monoisotopic (exact) mass is 352 g/mol. The van der Waals surface area contributed by atoms with E-state index >= 15 is 0 Å². The Morgan fingerprint density at radius 2 is 2.04 bits per heavy atom. The first-order valence-electron chi connectivity index (χ1n) is 8.11. The molecule has 0 aliphatic heterocycles. The zero-order valence-corrected chi connectivity index (χ0v) is 14.7. The van der Waals surface area contributed by atoms with Gasteiger partial charge in [0.25, 0.3) is 5.91 Å². The number of benzene rings is 1. The van der Waals surface area contributed by atoms with Crippen molar-refractivity contribution in [1.82, 2.24) is 20.1 Å². The van der Waals surface area contributed by atoms with Crippen molar-refractivity contribution in [2.45, 2.75) is 6.54 Å². The molecule has 2 heterocycles. The molecule has 0 saturated carbocycles. The Morgan fingerprint density at radius 3 is 2.81 bits per heavy atom. The zero-order chi connectivity index (χ0) is 18.4. The number of carbonyl (C=O) groups excluding carboxylic acids is 1. The summed E-state index contributed by atoms with van der Waals surface area (Å²) in [6.07, 6.45) is 5.23.